The number of para-hydroxylation sites is 8. The van der Waals surface area contributed by atoms with Crippen molar-refractivity contribution in [2.75, 3.05) is 9.80 Å². The first kappa shape index (κ1) is 23.7. The van der Waals surface area contributed by atoms with E-state index in [1.807, 2.05) is 78.9 Å². The van der Waals surface area contributed by atoms with Gasteiger partial charge in [0.25, 0.3) is 0 Å². The standard InChI is InChI=1S/C35H21N5O2/c36-20-34-37-21-23(22-38-34)35-28(39-24-10-1-5-16-30(24)41-31-17-6-2-11-25(31)39)14-9-15-29(35)40-26-12-3-7-18-32(26)42-33-19-8-4-13-27(33)40/h1-19,21-22H. The van der Waals surface area contributed by atoms with Gasteiger partial charge in [-0.2, -0.15) is 5.26 Å². The molecule has 5 aromatic carbocycles. The van der Waals surface area contributed by atoms with E-state index in [-0.39, 0.29) is 5.82 Å². The zero-order valence-corrected chi connectivity index (χ0v) is 22.2. The summed E-state index contributed by atoms with van der Waals surface area (Å²) in [6.45, 7) is 0. The number of anilines is 6. The van der Waals surface area contributed by atoms with E-state index >= 15 is 0 Å². The largest absolute Gasteiger partial charge is 0.453 e. The van der Waals surface area contributed by atoms with E-state index in [2.05, 4.69) is 62.2 Å². The van der Waals surface area contributed by atoms with Crippen LogP contribution in [0.1, 0.15) is 5.82 Å². The van der Waals surface area contributed by atoms with Crippen LogP contribution in [0, 0.1) is 11.3 Å². The van der Waals surface area contributed by atoms with Gasteiger partial charge in [-0.15, -0.1) is 0 Å². The maximum Gasteiger partial charge on any atom is 0.232 e. The number of hydrogen-bond acceptors (Lipinski definition) is 7. The molecule has 1 aromatic heterocycles. The highest BCUT2D eigenvalue weighted by atomic mass is 16.5. The molecule has 0 N–H and O–H groups in total. The minimum absolute atomic E-state index is 0.113. The molecule has 7 heteroatoms. The zero-order chi connectivity index (χ0) is 28.0. The van der Waals surface area contributed by atoms with Gasteiger partial charge in [-0.05, 0) is 60.7 Å². The SMILES string of the molecule is N#Cc1ncc(-c2c(N3c4ccccc4Oc4ccccc43)cccc2N2c3ccccc3Oc3ccccc32)cn1. The summed E-state index contributed by atoms with van der Waals surface area (Å²) in [5.41, 5.74) is 7.11. The molecule has 0 saturated carbocycles. The number of rotatable bonds is 3. The molecule has 2 aliphatic heterocycles. The fourth-order valence-corrected chi connectivity index (χ4v) is 5.64. The molecule has 0 radical (unpaired) electrons. The van der Waals surface area contributed by atoms with Crippen LogP contribution in [0.25, 0.3) is 11.1 Å². The molecule has 6 aromatic rings. The van der Waals surface area contributed by atoms with E-state index in [0.29, 0.717) is 0 Å². The summed E-state index contributed by atoms with van der Waals surface area (Å²) in [5.74, 6) is 3.13. The summed E-state index contributed by atoms with van der Waals surface area (Å²) >= 11 is 0. The third-order valence-corrected chi connectivity index (χ3v) is 7.41. The van der Waals surface area contributed by atoms with Crippen molar-refractivity contribution in [2.45, 2.75) is 0 Å². The smallest absolute Gasteiger partial charge is 0.232 e. The molecule has 198 valence electrons. The van der Waals surface area contributed by atoms with Crippen molar-refractivity contribution in [1.82, 2.24) is 9.97 Å². The molecular formula is C35H21N5O2. The van der Waals surface area contributed by atoms with Crippen molar-refractivity contribution in [2.24, 2.45) is 0 Å². The van der Waals surface area contributed by atoms with Gasteiger partial charge in [-0.1, -0.05) is 54.6 Å². The molecule has 0 bridgehead atoms. The van der Waals surface area contributed by atoms with Gasteiger partial charge in [0.1, 0.15) is 6.07 Å². The average molecular weight is 544 g/mol. The van der Waals surface area contributed by atoms with E-state index in [9.17, 15) is 5.26 Å². The summed E-state index contributed by atoms with van der Waals surface area (Å²) in [4.78, 5) is 13.2. The van der Waals surface area contributed by atoms with Gasteiger partial charge in [0.2, 0.25) is 5.82 Å². The van der Waals surface area contributed by atoms with E-state index in [0.717, 1.165) is 68.2 Å². The Balaban J connectivity index is 1.45. The Hall–Kier alpha value is -6.13. The van der Waals surface area contributed by atoms with Crippen LogP contribution in [0.2, 0.25) is 0 Å². The molecule has 0 atom stereocenters. The van der Waals surface area contributed by atoms with Crippen molar-refractivity contribution in [3.63, 3.8) is 0 Å². The van der Waals surface area contributed by atoms with Crippen molar-refractivity contribution in [3.05, 3.63) is 133 Å². The predicted octanol–water partition coefficient (Wildman–Crippen LogP) is 9.17. The highest BCUT2D eigenvalue weighted by molar-refractivity contribution is 6.01. The van der Waals surface area contributed by atoms with Crippen molar-refractivity contribution < 1.29 is 9.47 Å². The molecule has 0 spiro atoms. The number of benzene rings is 5. The zero-order valence-electron chi connectivity index (χ0n) is 22.2. The first-order valence-electron chi connectivity index (χ1n) is 13.5. The lowest BCUT2D eigenvalue weighted by Crippen LogP contribution is -2.20. The topological polar surface area (TPSA) is 74.5 Å². The third kappa shape index (κ3) is 3.67. The highest BCUT2D eigenvalue weighted by Crippen LogP contribution is 2.57. The van der Waals surface area contributed by atoms with E-state index in [1.165, 1.54) is 0 Å². The molecule has 42 heavy (non-hydrogen) atoms. The van der Waals surface area contributed by atoms with E-state index in [4.69, 9.17) is 9.47 Å². The Morgan fingerprint density at radius 3 is 1.21 bits per heavy atom. The Labute approximate surface area is 242 Å². The van der Waals surface area contributed by atoms with Gasteiger partial charge in [0.05, 0.1) is 34.1 Å². The molecule has 2 aliphatic rings. The molecule has 8 rings (SSSR count). The monoisotopic (exact) mass is 543 g/mol. The third-order valence-electron chi connectivity index (χ3n) is 7.41. The Kier molecular flexibility index (Phi) is 5.37. The van der Waals surface area contributed by atoms with Crippen LogP contribution in [0.5, 0.6) is 23.0 Å². The summed E-state index contributed by atoms with van der Waals surface area (Å²) < 4.78 is 12.6. The number of ether oxygens (including phenoxy) is 2. The molecular weight excluding hydrogens is 522 g/mol. The second kappa shape index (κ2) is 9.51. The number of nitrogens with zero attached hydrogens (tertiary/aromatic N) is 5. The molecule has 3 heterocycles. The first-order valence-corrected chi connectivity index (χ1v) is 13.5. The Morgan fingerprint density at radius 2 is 0.833 bits per heavy atom. The minimum Gasteiger partial charge on any atom is -0.453 e. The second-order valence-corrected chi connectivity index (χ2v) is 9.82. The normalized spacial score (nSPS) is 12.5. The van der Waals surface area contributed by atoms with Gasteiger partial charge in [-0.25, -0.2) is 9.97 Å². The van der Waals surface area contributed by atoms with Crippen molar-refractivity contribution >= 4 is 34.1 Å². The van der Waals surface area contributed by atoms with Crippen LogP contribution in [0.4, 0.5) is 34.1 Å². The maximum absolute atomic E-state index is 9.43. The molecule has 0 amide bonds. The number of hydrogen-bond donors (Lipinski definition) is 0. The number of nitriles is 1. The highest BCUT2D eigenvalue weighted by Gasteiger charge is 2.32. The van der Waals surface area contributed by atoms with Crippen molar-refractivity contribution in [1.29, 1.82) is 5.26 Å². The number of aromatic nitrogens is 2. The molecule has 0 saturated heterocycles. The second-order valence-electron chi connectivity index (χ2n) is 9.82. The Morgan fingerprint density at radius 1 is 0.476 bits per heavy atom. The van der Waals surface area contributed by atoms with Gasteiger partial charge in [-0.3, -0.25) is 0 Å². The molecule has 7 nitrogen and oxygen atoms in total. The fraction of sp³-hybridized carbons (Fsp3) is 0. The number of fused-ring (bicyclic) bond motifs is 4. The average Bonchev–Trinajstić information content (AvgIpc) is 3.06. The molecule has 0 aliphatic carbocycles. The van der Waals surface area contributed by atoms with Crippen LogP contribution in [-0.2, 0) is 0 Å². The van der Waals surface area contributed by atoms with Crippen molar-refractivity contribution in [3.8, 4) is 40.2 Å². The molecule has 0 unspecified atom stereocenters. The minimum atomic E-state index is 0.113. The lowest BCUT2D eigenvalue weighted by Gasteiger charge is -2.37. The van der Waals surface area contributed by atoms with Crippen LogP contribution in [-0.4, -0.2) is 9.97 Å². The fourth-order valence-electron chi connectivity index (χ4n) is 5.64. The predicted molar refractivity (Wildman–Crippen MR) is 162 cm³/mol. The van der Waals surface area contributed by atoms with E-state index < -0.39 is 0 Å². The summed E-state index contributed by atoms with van der Waals surface area (Å²) in [7, 11) is 0. The summed E-state index contributed by atoms with van der Waals surface area (Å²) in [5, 5.41) is 9.43. The Bertz CT molecular complexity index is 1830. The van der Waals surface area contributed by atoms with Gasteiger partial charge in [0.15, 0.2) is 23.0 Å². The lowest BCUT2D eigenvalue weighted by atomic mass is 9.99. The summed E-state index contributed by atoms with van der Waals surface area (Å²) in [6, 6.07) is 40.3. The maximum atomic E-state index is 9.43. The van der Waals surface area contributed by atoms with Gasteiger partial charge in [0, 0.05) is 23.5 Å². The lowest BCUT2D eigenvalue weighted by molar-refractivity contribution is 0.477. The molecule has 0 fully saturated rings. The van der Waals surface area contributed by atoms with Crippen LogP contribution in [0.3, 0.4) is 0 Å². The summed E-state index contributed by atoms with van der Waals surface area (Å²) in [6.07, 6.45) is 3.43. The quantitative estimate of drug-likeness (QED) is 0.220. The van der Waals surface area contributed by atoms with Crippen LogP contribution in [0.15, 0.2) is 128 Å². The van der Waals surface area contributed by atoms with Crippen LogP contribution < -0.4 is 19.3 Å². The van der Waals surface area contributed by atoms with E-state index in [1.54, 1.807) is 12.4 Å². The van der Waals surface area contributed by atoms with Gasteiger partial charge >= 0.3 is 0 Å². The van der Waals surface area contributed by atoms with Crippen LogP contribution >= 0.6 is 0 Å². The first-order chi connectivity index (χ1) is 20.8. The van der Waals surface area contributed by atoms with Gasteiger partial charge < -0.3 is 19.3 Å².